The van der Waals surface area contributed by atoms with Gasteiger partial charge in [0.1, 0.15) is 12.4 Å². The number of ether oxygens (including phenoxy) is 1. The van der Waals surface area contributed by atoms with Crippen molar-refractivity contribution in [3.8, 4) is 11.8 Å². The molecule has 1 amide bonds. The van der Waals surface area contributed by atoms with Crippen LogP contribution in [0.25, 0.3) is 0 Å². The lowest BCUT2D eigenvalue weighted by molar-refractivity contribution is 0.0955. The predicted molar refractivity (Wildman–Crippen MR) is 121 cm³/mol. The van der Waals surface area contributed by atoms with Crippen molar-refractivity contribution in [2.24, 2.45) is 5.10 Å². The van der Waals surface area contributed by atoms with Crippen molar-refractivity contribution in [1.82, 2.24) is 5.43 Å². The van der Waals surface area contributed by atoms with E-state index in [1.165, 1.54) is 6.21 Å². The van der Waals surface area contributed by atoms with Gasteiger partial charge in [-0.2, -0.15) is 10.4 Å². The van der Waals surface area contributed by atoms with Gasteiger partial charge in [-0.05, 0) is 48.9 Å². The monoisotopic (exact) mass is 481 g/mol. The molecule has 0 aliphatic carbocycles. The van der Waals surface area contributed by atoms with E-state index in [9.17, 15) is 10.1 Å². The van der Waals surface area contributed by atoms with E-state index in [-0.39, 0.29) is 6.61 Å². The molecule has 0 fully saturated rings. The Balaban J connectivity index is 1.73. The maximum atomic E-state index is 12.3. The summed E-state index contributed by atoms with van der Waals surface area (Å²) in [6, 6.07) is 20.0. The van der Waals surface area contributed by atoms with Gasteiger partial charge in [-0.25, -0.2) is 5.43 Å². The summed E-state index contributed by atoms with van der Waals surface area (Å²) in [7, 11) is 0. The van der Waals surface area contributed by atoms with Gasteiger partial charge in [0.15, 0.2) is 0 Å². The van der Waals surface area contributed by atoms with Crippen LogP contribution in [0.3, 0.4) is 0 Å². The van der Waals surface area contributed by atoms with Gasteiger partial charge < -0.3 is 4.74 Å². The minimum absolute atomic E-state index is 0.234. The normalized spacial score (nSPS) is 10.6. The van der Waals surface area contributed by atoms with Crippen LogP contribution in [0.2, 0.25) is 5.02 Å². The molecule has 0 bridgehead atoms. The van der Waals surface area contributed by atoms with E-state index in [0.717, 1.165) is 15.6 Å². The lowest BCUT2D eigenvalue weighted by Gasteiger charge is -2.10. The minimum Gasteiger partial charge on any atom is -0.488 e. The molecular formula is C23H17BrClN3O2. The second-order valence-electron chi connectivity index (χ2n) is 6.42. The van der Waals surface area contributed by atoms with Gasteiger partial charge in [-0.15, -0.1) is 0 Å². The van der Waals surface area contributed by atoms with Crippen molar-refractivity contribution in [1.29, 1.82) is 5.26 Å². The molecule has 5 nitrogen and oxygen atoms in total. The van der Waals surface area contributed by atoms with Crippen molar-refractivity contribution in [3.63, 3.8) is 0 Å². The number of hydrogen-bond donors (Lipinski definition) is 1. The average Bonchev–Trinajstić information content (AvgIpc) is 2.73. The van der Waals surface area contributed by atoms with E-state index >= 15 is 0 Å². The molecule has 0 heterocycles. The van der Waals surface area contributed by atoms with Gasteiger partial charge in [0.2, 0.25) is 0 Å². The number of hydrazone groups is 1. The van der Waals surface area contributed by atoms with E-state index < -0.39 is 5.91 Å². The third-order valence-corrected chi connectivity index (χ3v) is 5.04. The number of halogens is 2. The van der Waals surface area contributed by atoms with Crippen LogP contribution in [0.15, 0.2) is 70.2 Å². The molecule has 0 saturated heterocycles. The number of rotatable bonds is 6. The molecule has 150 valence electrons. The van der Waals surface area contributed by atoms with Crippen molar-refractivity contribution < 1.29 is 9.53 Å². The maximum Gasteiger partial charge on any atom is 0.272 e. The summed E-state index contributed by atoms with van der Waals surface area (Å²) in [4.78, 5) is 12.3. The Morgan fingerprint density at radius 3 is 2.80 bits per heavy atom. The van der Waals surface area contributed by atoms with Crippen molar-refractivity contribution in [3.05, 3.63) is 98.0 Å². The molecule has 0 saturated carbocycles. The molecule has 7 heteroatoms. The molecule has 0 aliphatic heterocycles. The summed E-state index contributed by atoms with van der Waals surface area (Å²) in [6.07, 6.45) is 1.50. The Hall–Kier alpha value is -3.14. The lowest BCUT2D eigenvalue weighted by Crippen LogP contribution is -2.18. The Bertz CT molecular complexity index is 1160. The van der Waals surface area contributed by atoms with Crippen molar-refractivity contribution in [2.45, 2.75) is 13.5 Å². The number of amides is 1. The SMILES string of the molecule is Cc1ccc(C(=O)N/N=C\c2cc(Br)ccc2OCc2ccccc2C#N)c(Cl)c1. The van der Waals surface area contributed by atoms with Crippen LogP contribution in [0, 0.1) is 18.3 Å². The zero-order valence-corrected chi connectivity index (χ0v) is 18.4. The molecule has 0 aromatic heterocycles. The fourth-order valence-corrected chi connectivity index (χ4v) is 3.39. The van der Waals surface area contributed by atoms with E-state index in [2.05, 4.69) is 32.5 Å². The zero-order chi connectivity index (χ0) is 21.5. The largest absolute Gasteiger partial charge is 0.488 e. The van der Waals surface area contributed by atoms with Crippen LogP contribution in [0.1, 0.15) is 32.6 Å². The summed E-state index contributed by atoms with van der Waals surface area (Å²) >= 11 is 9.55. The van der Waals surface area contributed by atoms with Gasteiger partial charge in [0, 0.05) is 15.6 Å². The topological polar surface area (TPSA) is 74.5 Å². The van der Waals surface area contributed by atoms with Crippen LogP contribution in [0.5, 0.6) is 5.75 Å². The molecule has 3 aromatic carbocycles. The fourth-order valence-electron chi connectivity index (χ4n) is 2.69. The third kappa shape index (κ3) is 5.47. The highest BCUT2D eigenvalue weighted by atomic mass is 79.9. The Kier molecular flexibility index (Phi) is 7.23. The number of carbonyl (C=O) groups excluding carboxylic acids is 1. The average molecular weight is 483 g/mol. The van der Waals surface area contributed by atoms with Crippen LogP contribution < -0.4 is 10.2 Å². The molecule has 0 aliphatic rings. The van der Waals surface area contributed by atoms with E-state index in [1.807, 2.05) is 43.3 Å². The Labute approximate surface area is 188 Å². The van der Waals surface area contributed by atoms with E-state index in [4.69, 9.17) is 16.3 Å². The number of benzene rings is 3. The summed E-state index contributed by atoms with van der Waals surface area (Å²) in [5.74, 6) is 0.161. The van der Waals surface area contributed by atoms with Gasteiger partial charge in [-0.1, -0.05) is 51.8 Å². The first kappa shape index (κ1) is 21.6. The van der Waals surface area contributed by atoms with Gasteiger partial charge in [0.25, 0.3) is 5.91 Å². The van der Waals surface area contributed by atoms with Crippen LogP contribution in [-0.2, 0) is 6.61 Å². The molecule has 3 aromatic rings. The number of aryl methyl sites for hydroxylation is 1. The van der Waals surface area contributed by atoms with E-state index in [1.54, 1.807) is 24.3 Å². The van der Waals surface area contributed by atoms with E-state index in [0.29, 0.717) is 27.5 Å². The summed E-state index contributed by atoms with van der Waals surface area (Å²) in [6.45, 7) is 2.13. The maximum absolute atomic E-state index is 12.3. The van der Waals surface area contributed by atoms with Crippen LogP contribution in [-0.4, -0.2) is 12.1 Å². The summed E-state index contributed by atoms with van der Waals surface area (Å²) in [5, 5.41) is 13.6. The highest BCUT2D eigenvalue weighted by molar-refractivity contribution is 9.10. The molecule has 30 heavy (non-hydrogen) atoms. The Morgan fingerprint density at radius 1 is 1.23 bits per heavy atom. The molecular weight excluding hydrogens is 466 g/mol. The quantitative estimate of drug-likeness (QED) is 0.366. The molecule has 3 rings (SSSR count). The smallest absolute Gasteiger partial charge is 0.272 e. The molecule has 0 radical (unpaired) electrons. The van der Waals surface area contributed by atoms with Gasteiger partial charge in [-0.3, -0.25) is 4.79 Å². The lowest BCUT2D eigenvalue weighted by atomic mass is 10.1. The van der Waals surface area contributed by atoms with Crippen molar-refractivity contribution >= 4 is 39.7 Å². The predicted octanol–water partition coefficient (Wildman–Crippen LogP) is 5.63. The number of hydrogen-bond acceptors (Lipinski definition) is 4. The first-order chi connectivity index (χ1) is 14.5. The highest BCUT2D eigenvalue weighted by Crippen LogP contribution is 2.23. The van der Waals surface area contributed by atoms with Crippen LogP contribution in [0.4, 0.5) is 0 Å². The summed E-state index contributed by atoms with van der Waals surface area (Å²) < 4.78 is 6.73. The molecule has 1 N–H and O–H groups in total. The summed E-state index contributed by atoms with van der Waals surface area (Å²) in [5.41, 5.74) is 5.80. The fraction of sp³-hybridized carbons (Fsp3) is 0.0870. The second kappa shape index (κ2) is 10.1. The number of carbonyl (C=O) groups is 1. The zero-order valence-electron chi connectivity index (χ0n) is 16.0. The first-order valence-corrected chi connectivity index (χ1v) is 10.1. The van der Waals surface area contributed by atoms with Crippen molar-refractivity contribution in [2.75, 3.05) is 0 Å². The Morgan fingerprint density at radius 2 is 2.03 bits per heavy atom. The number of nitrogens with one attached hydrogen (secondary N) is 1. The standard InChI is InChI=1S/C23H17BrClN3O2/c1-15-6-8-20(21(25)10-15)23(29)28-27-13-18-11-19(24)7-9-22(18)30-14-17-5-3-2-4-16(17)12-26/h2-11,13H,14H2,1H3,(H,28,29)/b27-13-. The highest BCUT2D eigenvalue weighted by Gasteiger charge is 2.10. The molecule has 0 spiro atoms. The molecule has 0 unspecified atom stereocenters. The first-order valence-electron chi connectivity index (χ1n) is 8.98. The molecule has 0 atom stereocenters. The van der Waals surface area contributed by atoms with Gasteiger partial charge >= 0.3 is 0 Å². The minimum atomic E-state index is -0.406. The second-order valence-corrected chi connectivity index (χ2v) is 7.75. The third-order valence-electron chi connectivity index (χ3n) is 4.23. The van der Waals surface area contributed by atoms with Crippen LogP contribution >= 0.6 is 27.5 Å². The van der Waals surface area contributed by atoms with Gasteiger partial charge in [0.05, 0.1) is 28.4 Å². The number of nitrogens with zero attached hydrogens (tertiary/aromatic N) is 2. The number of nitriles is 1.